The second-order valence-corrected chi connectivity index (χ2v) is 5.86. The van der Waals surface area contributed by atoms with Gasteiger partial charge in [0.15, 0.2) is 5.17 Å². The lowest BCUT2D eigenvalue weighted by Crippen LogP contribution is -2.23. The van der Waals surface area contributed by atoms with Crippen molar-refractivity contribution in [3.63, 3.8) is 0 Å². The van der Waals surface area contributed by atoms with Crippen LogP contribution in [0.3, 0.4) is 0 Å². The summed E-state index contributed by atoms with van der Waals surface area (Å²) in [7, 11) is 1.88. The standard InChI is InChI=1S/C16H13N3O3S/c1-19-8-4-5-10(19)9-13-14(20)18-16(23-13)17-12-7-3-2-6-11(12)15(21)22/h2-9H,1H3,(H,21,22)(H,17,18,20)/p-1/b13-9+. The monoisotopic (exact) mass is 326 g/mol. The summed E-state index contributed by atoms with van der Waals surface area (Å²) in [6.07, 6.45) is 3.64. The van der Waals surface area contributed by atoms with Gasteiger partial charge in [0.1, 0.15) is 0 Å². The molecule has 1 aromatic heterocycles. The number of hydrogen-bond acceptors (Lipinski definition) is 5. The van der Waals surface area contributed by atoms with Crippen LogP contribution in [0.4, 0.5) is 5.69 Å². The first kappa shape index (κ1) is 15.1. The fourth-order valence-corrected chi connectivity index (χ4v) is 2.91. The van der Waals surface area contributed by atoms with Crippen LogP contribution in [0.1, 0.15) is 16.1 Å². The van der Waals surface area contributed by atoms with Crippen molar-refractivity contribution in [2.24, 2.45) is 12.0 Å². The molecule has 1 fully saturated rings. The number of aromatic carboxylic acids is 1. The third-order valence-corrected chi connectivity index (χ3v) is 4.17. The number of amidine groups is 1. The Morgan fingerprint density at radius 2 is 2.09 bits per heavy atom. The average molecular weight is 326 g/mol. The van der Waals surface area contributed by atoms with E-state index >= 15 is 0 Å². The average Bonchev–Trinajstić information content (AvgIpc) is 3.06. The van der Waals surface area contributed by atoms with Gasteiger partial charge >= 0.3 is 0 Å². The number of carbonyl (C=O) groups is 2. The van der Waals surface area contributed by atoms with Crippen molar-refractivity contribution in [2.75, 3.05) is 0 Å². The van der Waals surface area contributed by atoms with Crippen molar-refractivity contribution in [2.45, 2.75) is 0 Å². The summed E-state index contributed by atoms with van der Waals surface area (Å²) >= 11 is 1.16. The molecule has 1 amide bonds. The van der Waals surface area contributed by atoms with E-state index in [1.165, 1.54) is 6.07 Å². The molecule has 1 saturated heterocycles. The summed E-state index contributed by atoms with van der Waals surface area (Å²) in [5, 5.41) is 14.1. The molecule has 0 aliphatic carbocycles. The van der Waals surface area contributed by atoms with Crippen molar-refractivity contribution in [1.82, 2.24) is 9.88 Å². The second kappa shape index (κ2) is 6.13. The molecule has 23 heavy (non-hydrogen) atoms. The molecule has 7 heteroatoms. The minimum Gasteiger partial charge on any atom is -0.545 e. The van der Waals surface area contributed by atoms with Crippen LogP contribution in [0.2, 0.25) is 0 Å². The summed E-state index contributed by atoms with van der Waals surface area (Å²) in [6, 6.07) is 10.0. The first-order valence-corrected chi connectivity index (χ1v) is 7.57. The van der Waals surface area contributed by atoms with E-state index in [1.807, 2.05) is 29.9 Å². The van der Waals surface area contributed by atoms with Gasteiger partial charge in [-0.15, -0.1) is 0 Å². The lowest BCUT2D eigenvalue weighted by atomic mass is 10.2. The number of rotatable bonds is 3. The molecule has 0 spiro atoms. The number of para-hydroxylation sites is 1. The van der Waals surface area contributed by atoms with Crippen LogP contribution in [0, 0.1) is 0 Å². The van der Waals surface area contributed by atoms with Gasteiger partial charge in [-0.1, -0.05) is 18.2 Å². The summed E-state index contributed by atoms with van der Waals surface area (Å²) < 4.78 is 1.89. The molecule has 2 heterocycles. The molecule has 1 aliphatic rings. The van der Waals surface area contributed by atoms with Crippen molar-refractivity contribution in [1.29, 1.82) is 0 Å². The number of aryl methyl sites for hydroxylation is 1. The largest absolute Gasteiger partial charge is 0.545 e. The number of carbonyl (C=O) groups excluding carboxylic acids is 2. The molecule has 0 bridgehead atoms. The number of aliphatic imine (C=N–C) groups is 1. The molecule has 116 valence electrons. The Morgan fingerprint density at radius 1 is 1.30 bits per heavy atom. The second-order valence-electron chi connectivity index (χ2n) is 4.83. The number of aromatic nitrogens is 1. The van der Waals surface area contributed by atoms with Gasteiger partial charge in [0.25, 0.3) is 5.91 Å². The van der Waals surface area contributed by atoms with E-state index in [2.05, 4.69) is 10.3 Å². The highest BCUT2D eigenvalue weighted by atomic mass is 32.2. The lowest BCUT2D eigenvalue weighted by molar-refractivity contribution is -0.254. The summed E-state index contributed by atoms with van der Waals surface area (Å²) in [6.45, 7) is 0. The van der Waals surface area contributed by atoms with Gasteiger partial charge in [0.2, 0.25) is 0 Å². The van der Waals surface area contributed by atoms with E-state index in [-0.39, 0.29) is 17.2 Å². The highest BCUT2D eigenvalue weighted by molar-refractivity contribution is 8.18. The molecule has 0 unspecified atom stereocenters. The van der Waals surface area contributed by atoms with Crippen LogP contribution in [0.15, 0.2) is 52.5 Å². The highest BCUT2D eigenvalue weighted by Gasteiger charge is 2.24. The van der Waals surface area contributed by atoms with Crippen LogP contribution >= 0.6 is 11.8 Å². The molecule has 0 atom stereocenters. The highest BCUT2D eigenvalue weighted by Crippen LogP contribution is 2.29. The van der Waals surface area contributed by atoms with Crippen LogP contribution in [-0.2, 0) is 11.8 Å². The number of hydrogen-bond donors (Lipinski definition) is 1. The molecule has 1 aromatic carbocycles. The third kappa shape index (κ3) is 3.19. The van der Waals surface area contributed by atoms with Gasteiger partial charge in [0, 0.05) is 24.5 Å². The zero-order valence-corrected chi connectivity index (χ0v) is 13.0. The summed E-state index contributed by atoms with van der Waals surface area (Å²) in [5.41, 5.74) is 1.11. The maximum atomic E-state index is 12.0. The summed E-state index contributed by atoms with van der Waals surface area (Å²) in [4.78, 5) is 27.8. The molecule has 6 nitrogen and oxygen atoms in total. The Hall–Kier alpha value is -2.80. The Kier molecular flexibility index (Phi) is 4.03. The molecular weight excluding hydrogens is 314 g/mol. The van der Waals surface area contributed by atoms with E-state index in [1.54, 1.807) is 24.3 Å². The predicted molar refractivity (Wildman–Crippen MR) is 87.0 cm³/mol. The first-order chi connectivity index (χ1) is 11.0. The Labute approximate surface area is 136 Å². The molecule has 0 radical (unpaired) electrons. The van der Waals surface area contributed by atoms with E-state index in [0.717, 1.165) is 17.5 Å². The Morgan fingerprint density at radius 3 is 2.78 bits per heavy atom. The van der Waals surface area contributed by atoms with E-state index in [9.17, 15) is 14.7 Å². The van der Waals surface area contributed by atoms with Crippen molar-refractivity contribution >= 4 is 40.6 Å². The number of thioether (sulfide) groups is 1. The summed E-state index contributed by atoms with van der Waals surface area (Å²) in [5.74, 6) is -1.57. The van der Waals surface area contributed by atoms with Gasteiger partial charge in [-0.25, -0.2) is 4.99 Å². The molecule has 2 aromatic rings. The van der Waals surface area contributed by atoms with Crippen LogP contribution in [0.5, 0.6) is 0 Å². The quantitative estimate of drug-likeness (QED) is 0.861. The number of amides is 1. The molecule has 1 aliphatic heterocycles. The SMILES string of the molecule is Cn1cccc1/C=C1/SC(=Nc2ccccc2C(=O)[O-])NC1=O. The van der Waals surface area contributed by atoms with Crippen molar-refractivity contribution < 1.29 is 14.7 Å². The topological polar surface area (TPSA) is 86.5 Å². The third-order valence-electron chi connectivity index (χ3n) is 3.26. The predicted octanol–water partition coefficient (Wildman–Crippen LogP) is 1.28. The van der Waals surface area contributed by atoms with Crippen molar-refractivity contribution in [3.8, 4) is 0 Å². The van der Waals surface area contributed by atoms with Gasteiger partial charge in [-0.2, -0.15) is 0 Å². The zero-order valence-electron chi connectivity index (χ0n) is 12.1. The zero-order chi connectivity index (χ0) is 16.4. The minimum absolute atomic E-state index is 0.0188. The molecule has 3 rings (SSSR count). The van der Waals surface area contributed by atoms with Gasteiger partial charge in [0.05, 0.1) is 16.6 Å². The molecular formula is C16H12N3O3S-. The number of carboxylic acid groups (broad SMARTS) is 1. The van der Waals surface area contributed by atoms with Gasteiger partial charge in [-0.3, -0.25) is 4.79 Å². The Balaban J connectivity index is 1.90. The normalized spacial score (nSPS) is 17.7. The fourth-order valence-electron chi connectivity index (χ4n) is 2.09. The fraction of sp³-hybridized carbons (Fsp3) is 0.0625. The molecule has 1 N–H and O–H groups in total. The first-order valence-electron chi connectivity index (χ1n) is 6.76. The van der Waals surface area contributed by atoms with Crippen molar-refractivity contribution in [3.05, 3.63) is 58.8 Å². The van der Waals surface area contributed by atoms with Gasteiger partial charge < -0.3 is 19.8 Å². The van der Waals surface area contributed by atoms with Crippen LogP contribution in [0.25, 0.3) is 6.08 Å². The van der Waals surface area contributed by atoms with Crippen LogP contribution < -0.4 is 10.4 Å². The van der Waals surface area contributed by atoms with E-state index < -0.39 is 5.97 Å². The van der Waals surface area contributed by atoms with E-state index in [4.69, 9.17) is 0 Å². The van der Waals surface area contributed by atoms with Gasteiger partial charge in [-0.05, 0) is 36.0 Å². The number of nitrogens with zero attached hydrogens (tertiary/aromatic N) is 2. The number of carboxylic acids is 1. The maximum absolute atomic E-state index is 12.0. The van der Waals surface area contributed by atoms with E-state index in [0.29, 0.717) is 10.1 Å². The Bertz CT molecular complexity index is 852. The number of nitrogens with one attached hydrogen (secondary N) is 1. The maximum Gasteiger partial charge on any atom is 0.264 e. The smallest absolute Gasteiger partial charge is 0.264 e. The lowest BCUT2D eigenvalue weighted by Gasteiger charge is -2.06. The number of benzene rings is 1. The molecule has 0 saturated carbocycles. The minimum atomic E-state index is -1.31. The van der Waals surface area contributed by atoms with Crippen LogP contribution in [-0.4, -0.2) is 21.6 Å².